The summed E-state index contributed by atoms with van der Waals surface area (Å²) in [6.07, 6.45) is -0.340. The highest BCUT2D eigenvalue weighted by molar-refractivity contribution is 7.14. The number of hydrogen-bond donors (Lipinski definition) is 2. The number of aromatic hydroxyl groups is 1. The molecule has 1 spiro atoms. The second kappa shape index (κ2) is 12.2. The number of aromatic nitrogens is 7. The number of carbonyl (C=O) groups excluding carboxylic acids is 2. The third kappa shape index (κ3) is 5.67. The summed E-state index contributed by atoms with van der Waals surface area (Å²) in [6, 6.07) is 2.65. The van der Waals surface area contributed by atoms with Crippen LogP contribution in [0.2, 0.25) is 5.02 Å². The van der Waals surface area contributed by atoms with Crippen LogP contribution < -0.4 is 10.9 Å². The SMILES string of the molecule is Cc1cnc(-c2nc3n(CC(=O)Nc4ccc(C(F)(F)F)cc4Cl)c4c(c(=O)n3n2)C2(CCN(C(=O)c3ncnc(C)c3O)CC2)CC4C)s1. The first-order chi connectivity index (χ1) is 23.7. The van der Waals surface area contributed by atoms with E-state index in [0.29, 0.717) is 35.5 Å². The summed E-state index contributed by atoms with van der Waals surface area (Å²) < 4.78 is 42.4. The second-order valence-corrected chi connectivity index (χ2v) is 14.3. The molecule has 0 radical (unpaired) electrons. The average Bonchev–Trinajstić information content (AvgIpc) is 3.77. The predicted octanol–water partition coefficient (Wildman–Crippen LogP) is 5.12. The molecule has 260 valence electrons. The molecule has 1 aromatic carbocycles. The van der Waals surface area contributed by atoms with Gasteiger partial charge >= 0.3 is 6.18 Å². The van der Waals surface area contributed by atoms with Crippen LogP contribution in [0.15, 0.2) is 35.5 Å². The van der Waals surface area contributed by atoms with Crippen LogP contribution in [0.1, 0.15) is 70.0 Å². The molecule has 5 heterocycles. The molecular weight excluding hydrogens is 699 g/mol. The number of carbonyl (C=O) groups is 2. The first-order valence-electron chi connectivity index (χ1n) is 15.6. The van der Waals surface area contributed by atoms with Crippen molar-refractivity contribution in [2.24, 2.45) is 0 Å². The zero-order valence-corrected chi connectivity index (χ0v) is 28.4. The summed E-state index contributed by atoms with van der Waals surface area (Å²) in [4.78, 5) is 60.7. The van der Waals surface area contributed by atoms with Crippen molar-refractivity contribution in [1.82, 2.24) is 39.0 Å². The van der Waals surface area contributed by atoms with Gasteiger partial charge < -0.3 is 19.9 Å². The highest BCUT2D eigenvalue weighted by Gasteiger charge is 2.49. The molecule has 1 unspecified atom stereocenters. The number of amides is 2. The van der Waals surface area contributed by atoms with Gasteiger partial charge in [0.25, 0.3) is 11.5 Å². The molecule has 7 rings (SSSR count). The summed E-state index contributed by atoms with van der Waals surface area (Å²) >= 11 is 7.47. The molecule has 5 aromatic rings. The first-order valence-corrected chi connectivity index (χ1v) is 16.8. The quantitative estimate of drug-likeness (QED) is 0.251. The van der Waals surface area contributed by atoms with Gasteiger partial charge in [0.05, 0.1) is 22.0 Å². The summed E-state index contributed by atoms with van der Waals surface area (Å²) in [5.74, 6) is -1.25. The van der Waals surface area contributed by atoms with Crippen molar-refractivity contribution in [3.63, 3.8) is 0 Å². The van der Waals surface area contributed by atoms with E-state index in [1.54, 1.807) is 22.6 Å². The molecule has 1 aliphatic carbocycles. The number of hydrogen-bond acceptors (Lipinski definition) is 10. The van der Waals surface area contributed by atoms with Crippen LogP contribution in [-0.2, 0) is 22.9 Å². The molecule has 2 N–H and O–H groups in total. The van der Waals surface area contributed by atoms with Gasteiger partial charge in [-0.1, -0.05) is 18.5 Å². The van der Waals surface area contributed by atoms with Crippen LogP contribution in [0.3, 0.4) is 0 Å². The van der Waals surface area contributed by atoms with E-state index in [-0.39, 0.29) is 65.0 Å². The number of nitrogens with zero attached hydrogens (tertiary/aromatic N) is 8. The van der Waals surface area contributed by atoms with Gasteiger partial charge in [-0.2, -0.15) is 22.7 Å². The smallest absolute Gasteiger partial charge is 0.416 e. The van der Waals surface area contributed by atoms with Crippen molar-refractivity contribution >= 4 is 46.2 Å². The molecule has 18 heteroatoms. The highest BCUT2D eigenvalue weighted by atomic mass is 35.5. The van der Waals surface area contributed by atoms with Crippen LogP contribution in [0.4, 0.5) is 18.9 Å². The third-order valence-corrected chi connectivity index (χ3v) is 10.6. The fourth-order valence-electron chi connectivity index (χ4n) is 7.06. The van der Waals surface area contributed by atoms with Gasteiger partial charge in [0.2, 0.25) is 17.5 Å². The minimum Gasteiger partial charge on any atom is -0.504 e. The van der Waals surface area contributed by atoms with Gasteiger partial charge in [-0.05, 0) is 57.2 Å². The van der Waals surface area contributed by atoms with E-state index in [0.717, 1.165) is 23.1 Å². The van der Waals surface area contributed by atoms with E-state index >= 15 is 0 Å². The maximum absolute atomic E-state index is 14.4. The van der Waals surface area contributed by atoms with Gasteiger partial charge in [0.15, 0.2) is 16.5 Å². The molecule has 4 aromatic heterocycles. The van der Waals surface area contributed by atoms with Crippen LogP contribution in [0.5, 0.6) is 5.75 Å². The summed E-state index contributed by atoms with van der Waals surface area (Å²) in [7, 11) is 0. The lowest BCUT2D eigenvalue weighted by Crippen LogP contribution is -2.46. The maximum atomic E-state index is 14.4. The maximum Gasteiger partial charge on any atom is 0.416 e. The topological polar surface area (TPSA) is 160 Å². The van der Waals surface area contributed by atoms with E-state index in [4.69, 9.17) is 11.6 Å². The molecule has 1 atom stereocenters. The van der Waals surface area contributed by atoms with Crippen molar-refractivity contribution in [2.75, 3.05) is 18.4 Å². The van der Waals surface area contributed by atoms with E-state index < -0.39 is 34.5 Å². The van der Waals surface area contributed by atoms with Crippen molar-refractivity contribution < 1.29 is 27.9 Å². The van der Waals surface area contributed by atoms with Crippen LogP contribution >= 0.6 is 22.9 Å². The Morgan fingerprint density at radius 3 is 2.56 bits per heavy atom. The number of benzene rings is 1. The number of rotatable bonds is 5. The molecule has 1 fully saturated rings. The van der Waals surface area contributed by atoms with Crippen molar-refractivity contribution in [2.45, 2.75) is 64.1 Å². The summed E-state index contributed by atoms with van der Waals surface area (Å²) in [6.45, 7) is 5.60. The number of halogens is 4. The Hall–Kier alpha value is -4.90. The van der Waals surface area contributed by atoms with Crippen molar-refractivity contribution in [1.29, 1.82) is 0 Å². The second-order valence-electron chi connectivity index (χ2n) is 12.6. The number of nitrogens with one attached hydrogen (secondary N) is 1. The normalized spacial score (nSPS) is 17.0. The molecule has 0 saturated carbocycles. The number of anilines is 1. The zero-order valence-electron chi connectivity index (χ0n) is 26.9. The molecule has 0 bridgehead atoms. The number of alkyl halides is 3. The lowest BCUT2D eigenvalue weighted by molar-refractivity contribution is -0.137. The summed E-state index contributed by atoms with van der Waals surface area (Å²) in [5, 5.41) is 17.8. The molecule has 1 aliphatic heterocycles. The van der Waals surface area contributed by atoms with Crippen LogP contribution in [0.25, 0.3) is 16.6 Å². The number of likely N-dealkylation sites (tertiary alicyclic amines) is 1. The molecule has 1 saturated heterocycles. The van der Waals surface area contributed by atoms with Crippen LogP contribution in [0, 0.1) is 13.8 Å². The molecular formula is C32H29ClF3N9O4S. The van der Waals surface area contributed by atoms with Gasteiger partial charge in [-0.15, -0.1) is 16.4 Å². The standard InChI is InChI=1S/C32H29ClF3N9O4S/c1-15-11-31(6-8-43(9-7-31)29(49)23-25(47)17(3)38-14-39-23)22-24(15)44(13-21(46)40-20-5-4-18(10-19(20)33)32(34,35)36)30-41-26(42-45(30)28(22)48)27-37-12-16(2)50-27/h4-5,10,12,14-15,47H,6-9,11,13H2,1-3H3,(H,40,46). The van der Waals surface area contributed by atoms with Gasteiger partial charge in [-0.25, -0.2) is 15.0 Å². The Kier molecular flexibility index (Phi) is 8.16. The fourth-order valence-corrected chi connectivity index (χ4v) is 7.99. The third-order valence-electron chi connectivity index (χ3n) is 9.38. The Morgan fingerprint density at radius 1 is 1.16 bits per heavy atom. The van der Waals surface area contributed by atoms with E-state index in [1.165, 1.54) is 22.2 Å². The Morgan fingerprint density at radius 2 is 1.90 bits per heavy atom. The number of piperidine rings is 1. The minimum absolute atomic E-state index is 0.00901. The lowest BCUT2D eigenvalue weighted by atomic mass is 9.73. The van der Waals surface area contributed by atoms with Crippen molar-refractivity contribution in [3.8, 4) is 16.6 Å². The van der Waals surface area contributed by atoms with E-state index in [1.807, 2.05) is 13.8 Å². The number of thiazole rings is 1. The van der Waals surface area contributed by atoms with Gasteiger partial charge in [-0.3, -0.25) is 14.4 Å². The number of fused-ring (bicyclic) bond motifs is 3. The largest absolute Gasteiger partial charge is 0.504 e. The minimum atomic E-state index is -4.61. The monoisotopic (exact) mass is 727 g/mol. The molecule has 13 nitrogen and oxygen atoms in total. The first kappa shape index (κ1) is 33.6. The molecule has 2 amide bonds. The van der Waals surface area contributed by atoms with Crippen LogP contribution in [-0.4, -0.2) is 69.0 Å². The summed E-state index contributed by atoms with van der Waals surface area (Å²) in [5.41, 5.74) is -0.771. The van der Waals surface area contributed by atoms with Gasteiger partial charge in [0.1, 0.15) is 12.9 Å². The van der Waals surface area contributed by atoms with E-state index in [9.17, 15) is 32.7 Å². The fraction of sp³-hybridized carbons (Fsp3) is 0.375. The number of aryl methyl sites for hydroxylation is 2. The van der Waals surface area contributed by atoms with Crippen molar-refractivity contribution in [3.05, 3.63) is 79.2 Å². The molecule has 2 aliphatic rings. The predicted molar refractivity (Wildman–Crippen MR) is 176 cm³/mol. The van der Waals surface area contributed by atoms with E-state index in [2.05, 4.69) is 30.4 Å². The highest BCUT2D eigenvalue weighted by Crippen LogP contribution is 2.50. The Balaban J connectivity index is 1.27. The van der Waals surface area contributed by atoms with Gasteiger partial charge in [0, 0.05) is 40.8 Å². The lowest BCUT2D eigenvalue weighted by Gasteiger charge is -2.39. The average molecular weight is 728 g/mol. The zero-order chi connectivity index (χ0) is 35.7. The molecule has 50 heavy (non-hydrogen) atoms. The Bertz CT molecular complexity index is 2260. The Labute approximate surface area is 290 Å².